The van der Waals surface area contributed by atoms with Crippen molar-refractivity contribution in [2.75, 3.05) is 5.32 Å². The minimum absolute atomic E-state index is 0.164. The van der Waals surface area contributed by atoms with Gasteiger partial charge in [0.05, 0.1) is 17.2 Å². The van der Waals surface area contributed by atoms with E-state index in [9.17, 15) is 31.5 Å². The Balaban J connectivity index is 1.64. The summed E-state index contributed by atoms with van der Waals surface area (Å²) in [6.07, 6.45) is -1.87. The van der Waals surface area contributed by atoms with E-state index in [4.69, 9.17) is 11.6 Å². The largest absolute Gasteiger partial charge is 0.416 e. The molecule has 0 radical (unpaired) electrons. The third-order valence-corrected chi connectivity index (χ3v) is 6.83. The predicted molar refractivity (Wildman–Crippen MR) is 123 cm³/mol. The van der Waals surface area contributed by atoms with E-state index in [0.29, 0.717) is 42.2 Å². The summed E-state index contributed by atoms with van der Waals surface area (Å²) >= 11 is 6.31. The van der Waals surface area contributed by atoms with Crippen LogP contribution in [0.25, 0.3) is 0 Å². The summed E-state index contributed by atoms with van der Waals surface area (Å²) in [6, 6.07) is 6.02. The lowest BCUT2D eigenvalue weighted by Crippen LogP contribution is -2.21. The van der Waals surface area contributed by atoms with E-state index >= 15 is 0 Å². The molecule has 2 amide bonds. The Morgan fingerprint density at radius 1 is 1.00 bits per heavy atom. The van der Waals surface area contributed by atoms with Crippen LogP contribution in [-0.4, -0.2) is 11.8 Å². The van der Waals surface area contributed by atoms with E-state index in [1.807, 2.05) is 0 Å². The summed E-state index contributed by atoms with van der Waals surface area (Å²) in [7, 11) is 0. The van der Waals surface area contributed by atoms with Gasteiger partial charge in [-0.05, 0) is 79.3 Å². The molecule has 0 bridgehead atoms. The molecule has 36 heavy (non-hydrogen) atoms. The number of amides is 2. The first-order valence-electron chi connectivity index (χ1n) is 11.2. The van der Waals surface area contributed by atoms with Crippen LogP contribution in [0.15, 0.2) is 42.5 Å². The lowest BCUT2D eigenvalue weighted by atomic mass is 9.83. The van der Waals surface area contributed by atoms with Crippen molar-refractivity contribution < 1.29 is 31.5 Å². The van der Waals surface area contributed by atoms with Crippen LogP contribution in [-0.2, 0) is 19.0 Å². The van der Waals surface area contributed by atoms with E-state index in [-0.39, 0.29) is 16.3 Å². The van der Waals surface area contributed by atoms with Crippen molar-refractivity contribution in [1.82, 2.24) is 5.32 Å². The van der Waals surface area contributed by atoms with E-state index in [2.05, 4.69) is 10.6 Å². The molecule has 0 fully saturated rings. The molecule has 1 aliphatic heterocycles. The summed E-state index contributed by atoms with van der Waals surface area (Å²) in [5.41, 5.74) is 0.906. The fourth-order valence-corrected chi connectivity index (χ4v) is 5.14. The van der Waals surface area contributed by atoms with Crippen molar-refractivity contribution in [3.8, 4) is 0 Å². The molecular weight excluding hydrogens is 503 g/mol. The van der Waals surface area contributed by atoms with Gasteiger partial charge in [0, 0.05) is 27.4 Å². The predicted octanol–water partition coefficient (Wildman–Crippen LogP) is 6.60. The highest BCUT2D eigenvalue weighted by Gasteiger charge is 2.38. The van der Waals surface area contributed by atoms with Crippen LogP contribution in [0.4, 0.5) is 27.6 Å². The number of fused-ring (bicyclic) bond motifs is 3. The number of benzene rings is 3. The molecule has 0 spiro atoms. The van der Waals surface area contributed by atoms with Crippen LogP contribution >= 0.6 is 11.6 Å². The highest BCUT2D eigenvalue weighted by atomic mass is 35.5. The number of nitrogens with one attached hydrogen (secondary N) is 2. The topological polar surface area (TPSA) is 58.2 Å². The van der Waals surface area contributed by atoms with Gasteiger partial charge < -0.3 is 10.6 Å². The van der Waals surface area contributed by atoms with Crippen molar-refractivity contribution in [3.05, 3.63) is 98.1 Å². The van der Waals surface area contributed by atoms with Crippen LogP contribution < -0.4 is 10.6 Å². The van der Waals surface area contributed by atoms with Crippen LogP contribution in [0.3, 0.4) is 0 Å². The molecule has 10 heteroatoms. The lowest BCUT2D eigenvalue weighted by Gasteiger charge is -2.23. The molecule has 0 saturated carbocycles. The molecule has 5 rings (SSSR count). The van der Waals surface area contributed by atoms with Crippen molar-refractivity contribution >= 4 is 29.1 Å². The number of aryl methyl sites for hydroxylation is 1. The molecule has 1 atom stereocenters. The zero-order valence-corrected chi connectivity index (χ0v) is 19.3. The Morgan fingerprint density at radius 2 is 1.75 bits per heavy atom. The molecule has 2 aliphatic rings. The average Bonchev–Trinajstić information content (AvgIpc) is 3.17. The number of alkyl halides is 3. The minimum Gasteiger partial charge on any atom is -0.341 e. The number of hydrogen-bond donors (Lipinski definition) is 2. The van der Waals surface area contributed by atoms with Gasteiger partial charge in [-0.1, -0.05) is 11.6 Å². The summed E-state index contributed by atoms with van der Waals surface area (Å²) in [4.78, 5) is 26.1. The lowest BCUT2D eigenvalue weighted by molar-refractivity contribution is -0.137. The molecule has 3 aromatic carbocycles. The Bertz CT molecular complexity index is 1420. The van der Waals surface area contributed by atoms with E-state index in [0.717, 1.165) is 24.0 Å². The Hall–Kier alpha value is -3.46. The monoisotopic (exact) mass is 520 g/mol. The highest BCUT2D eigenvalue weighted by molar-refractivity contribution is 6.31. The number of carbonyl (C=O) groups excluding carboxylic acids is 2. The SMILES string of the molecule is O=C(Nc1cc2c(c3c1C(c1cc(F)ccc1Cl)NC3=O)CCCC2)c1cc(F)cc(C(F)(F)F)c1. The smallest absolute Gasteiger partial charge is 0.341 e. The van der Waals surface area contributed by atoms with Gasteiger partial charge in [-0.2, -0.15) is 13.2 Å². The summed E-state index contributed by atoms with van der Waals surface area (Å²) in [5.74, 6) is -3.21. The molecule has 2 N–H and O–H groups in total. The number of anilines is 1. The maximum Gasteiger partial charge on any atom is 0.416 e. The maximum absolute atomic E-state index is 14.1. The quantitative estimate of drug-likeness (QED) is 0.382. The van der Waals surface area contributed by atoms with E-state index in [1.165, 1.54) is 18.2 Å². The molecule has 0 aromatic heterocycles. The Morgan fingerprint density at radius 3 is 2.50 bits per heavy atom. The fraction of sp³-hybridized carbons (Fsp3) is 0.231. The minimum atomic E-state index is -4.85. The van der Waals surface area contributed by atoms with Gasteiger partial charge >= 0.3 is 6.18 Å². The van der Waals surface area contributed by atoms with Crippen molar-refractivity contribution in [1.29, 1.82) is 0 Å². The standard InChI is InChI=1S/C26H18ClF5N2O2/c27-19-6-5-15(28)11-18(19)23-22-20(9-12-3-1-2-4-17(12)21(22)25(36)34-23)33-24(35)13-7-14(26(30,31)32)10-16(29)8-13/h5-11,23H,1-4H2,(H,33,35)(H,34,36). The highest BCUT2D eigenvalue weighted by Crippen LogP contribution is 2.43. The van der Waals surface area contributed by atoms with Gasteiger partial charge in [0.2, 0.25) is 0 Å². The Kier molecular flexibility index (Phi) is 5.98. The normalized spacial score (nSPS) is 16.8. The third kappa shape index (κ3) is 4.32. The van der Waals surface area contributed by atoms with Crippen LogP contribution in [0.1, 0.15) is 67.4 Å². The summed E-state index contributed by atoms with van der Waals surface area (Å²) in [6.45, 7) is 0. The Labute approximate surface area is 207 Å². The van der Waals surface area contributed by atoms with Gasteiger partial charge in [0.25, 0.3) is 11.8 Å². The second kappa shape index (κ2) is 8.89. The molecule has 4 nitrogen and oxygen atoms in total. The van der Waals surface area contributed by atoms with Crippen LogP contribution in [0, 0.1) is 11.6 Å². The molecular formula is C26H18ClF5N2O2. The first-order valence-corrected chi connectivity index (χ1v) is 11.5. The fourth-order valence-electron chi connectivity index (χ4n) is 4.91. The van der Waals surface area contributed by atoms with Crippen molar-refractivity contribution in [2.24, 2.45) is 0 Å². The zero-order valence-electron chi connectivity index (χ0n) is 18.5. The molecule has 186 valence electrons. The number of halogens is 6. The van der Waals surface area contributed by atoms with Gasteiger partial charge in [-0.3, -0.25) is 9.59 Å². The average molecular weight is 521 g/mol. The molecule has 1 heterocycles. The summed E-state index contributed by atoms with van der Waals surface area (Å²) in [5, 5.41) is 5.55. The molecule has 1 aliphatic carbocycles. The maximum atomic E-state index is 14.1. The van der Waals surface area contributed by atoms with Gasteiger partial charge in [0.1, 0.15) is 11.6 Å². The zero-order chi connectivity index (χ0) is 25.8. The molecule has 0 saturated heterocycles. The van der Waals surface area contributed by atoms with Crippen molar-refractivity contribution in [3.63, 3.8) is 0 Å². The van der Waals surface area contributed by atoms with Crippen LogP contribution in [0.2, 0.25) is 5.02 Å². The van der Waals surface area contributed by atoms with Gasteiger partial charge in [-0.15, -0.1) is 0 Å². The van der Waals surface area contributed by atoms with E-state index in [1.54, 1.807) is 6.07 Å². The van der Waals surface area contributed by atoms with Gasteiger partial charge in [-0.25, -0.2) is 8.78 Å². The first-order chi connectivity index (χ1) is 17.0. The van der Waals surface area contributed by atoms with Crippen molar-refractivity contribution in [2.45, 2.75) is 37.9 Å². The second-order valence-electron chi connectivity index (χ2n) is 8.81. The van der Waals surface area contributed by atoms with Gasteiger partial charge in [0.15, 0.2) is 0 Å². The third-order valence-electron chi connectivity index (χ3n) is 6.49. The number of hydrogen-bond acceptors (Lipinski definition) is 2. The van der Waals surface area contributed by atoms with E-state index < -0.39 is 46.8 Å². The van der Waals surface area contributed by atoms with Crippen LogP contribution in [0.5, 0.6) is 0 Å². The number of rotatable bonds is 3. The second-order valence-corrected chi connectivity index (χ2v) is 9.22. The molecule has 3 aromatic rings. The number of carbonyl (C=O) groups is 2. The summed E-state index contributed by atoms with van der Waals surface area (Å²) < 4.78 is 67.5. The first kappa shape index (κ1) is 24.2. The molecule has 1 unspecified atom stereocenters.